The number of carbonyl (C=O) groups is 1. The van der Waals surface area contributed by atoms with Crippen LogP contribution in [0, 0.1) is 5.92 Å². The molecular weight excluding hydrogens is 516 g/mol. The second-order valence-electron chi connectivity index (χ2n) is 14.1. The van der Waals surface area contributed by atoms with Crippen molar-refractivity contribution in [3.8, 4) is 0 Å². The summed E-state index contributed by atoms with van der Waals surface area (Å²) in [5, 5.41) is 7.18. The van der Waals surface area contributed by atoms with Gasteiger partial charge in [0.2, 0.25) is 11.9 Å². The second-order valence-corrected chi connectivity index (χ2v) is 14.1. The van der Waals surface area contributed by atoms with E-state index in [1.807, 2.05) is 0 Å². The van der Waals surface area contributed by atoms with Crippen molar-refractivity contribution in [2.24, 2.45) is 5.92 Å². The molecule has 3 saturated carbocycles. The van der Waals surface area contributed by atoms with E-state index < -0.39 is 0 Å². The molecule has 4 rings (SSSR count). The first kappa shape index (κ1) is 33.2. The van der Waals surface area contributed by atoms with Crippen LogP contribution < -0.4 is 10.6 Å². The zero-order valence-electron chi connectivity index (χ0n) is 27.1. The summed E-state index contributed by atoms with van der Waals surface area (Å²) in [6.45, 7) is 0.574. The number of carbonyl (C=O) groups excluding carboxylic acids is 1. The summed E-state index contributed by atoms with van der Waals surface area (Å²) >= 11 is 0. The van der Waals surface area contributed by atoms with Crippen LogP contribution in [0.25, 0.3) is 0 Å². The largest absolute Gasteiger partial charge is 0.352 e. The van der Waals surface area contributed by atoms with Gasteiger partial charge in [-0.3, -0.25) is 4.79 Å². The quantitative estimate of drug-likeness (QED) is 0.351. The van der Waals surface area contributed by atoms with E-state index in [9.17, 15) is 4.79 Å². The first-order valence-electron chi connectivity index (χ1n) is 18.7. The van der Waals surface area contributed by atoms with Gasteiger partial charge in [-0.2, -0.15) is 0 Å². The Bertz CT molecular complexity index is 841. The van der Waals surface area contributed by atoms with Crippen molar-refractivity contribution in [1.29, 1.82) is 0 Å². The molecule has 3 aliphatic carbocycles. The molecule has 0 bridgehead atoms. The molecule has 0 aliphatic heterocycles. The molecule has 0 spiro atoms. The van der Waals surface area contributed by atoms with E-state index in [1.54, 1.807) is 0 Å². The zero-order valence-corrected chi connectivity index (χ0v) is 27.1. The molecule has 0 radical (unpaired) electrons. The van der Waals surface area contributed by atoms with Crippen molar-refractivity contribution >= 4 is 11.9 Å². The highest BCUT2D eigenvalue weighted by atomic mass is 16.1. The first-order chi connectivity index (χ1) is 20.8. The minimum Gasteiger partial charge on any atom is -0.352 e. The van der Waals surface area contributed by atoms with Gasteiger partial charge in [-0.25, -0.2) is 9.97 Å². The number of nitrogens with zero attached hydrogens (tertiary/aromatic N) is 2. The molecule has 0 unspecified atom stereocenters. The van der Waals surface area contributed by atoms with Gasteiger partial charge >= 0.3 is 0 Å². The minimum absolute atomic E-state index is 0.165. The molecule has 5 heteroatoms. The van der Waals surface area contributed by atoms with Gasteiger partial charge in [-0.1, -0.05) is 141 Å². The van der Waals surface area contributed by atoms with Crippen molar-refractivity contribution in [3.63, 3.8) is 0 Å². The predicted octanol–water partition coefficient (Wildman–Crippen LogP) is 10.5. The highest BCUT2D eigenvalue weighted by Gasteiger charge is 2.23. The van der Waals surface area contributed by atoms with Crippen LogP contribution in [0.15, 0.2) is 6.20 Å². The summed E-state index contributed by atoms with van der Waals surface area (Å²) in [7, 11) is 0. The van der Waals surface area contributed by atoms with Crippen molar-refractivity contribution < 1.29 is 4.79 Å². The predicted molar refractivity (Wildman–Crippen MR) is 177 cm³/mol. The Balaban J connectivity index is 1.47. The van der Waals surface area contributed by atoms with Crippen LogP contribution in [0.5, 0.6) is 0 Å². The zero-order chi connectivity index (χ0) is 29.1. The lowest BCUT2D eigenvalue weighted by Gasteiger charge is -2.24. The van der Waals surface area contributed by atoms with E-state index in [0.717, 1.165) is 24.4 Å². The molecule has 3 aliphatic rings. The molecule has 3 fully saturated rings. The van der Waals surface area contributed by atoms with Crippen LogP contribution in [-0.4, -0.2) is 21.9 Å². The number of rotatable bonds is 6. The van der Waals surface area contributed by atoms with Crippen LogP contribution in [0.3, 0.4) is 0 Å². The Labute approximate surface area is 258 Å². The number of hydrogen-bond acceptors (Lipinski definition) is 4. The molecule has 1 heterocycles. The lowest BCUT2D eigenvalue weighted by molar-refractivity contribution is -0.125. The van der Waals surface area contributed by atoms with Crippen molar-refractivity contribution in [1.82, 2.24) is 15.3 Å². The van der Waals surface area contributed by atoms with Crippen LogP contribution in [0.2, 0.25) is 0 Å². The van der Waals surface area contributed by atoms with Gasteiger partial charge in [0.25, 0.3) is 0 Å². The van der Waals surface area contributed by atoms with E-state index in [2.05, 4.69) is 16.8 Å². The topological polar surface area (TPSA) is 66.9 Å². The number of hydrogen-bond donors (Lipinski definition) is 2. The molecule has 42 heavy (non-hydrogen) atoms. The first-order valence-corrected chi connectivity index (χ1v) is 18.7. The number of nitrogens with one attached hydrogen (secondary N) is 2. The number of aromatic nitrogens is 2. The average molecular weight is 581 g/mol. The third-order valence-corrected chi connectivity index (χ3v) is 10.5. The maximum Gasteiger partial charge on any atom is 0.223 e. The second kappa shape index (κ2) is 20.3. The fourth-order valence-electron chi connectivity index (χ4n) is 7.77. The molecule has 1 amide bonds. The van der Waals surface area contributed by atoms with Gasteiger partial charge in [0.1, 0.15) is 0 Å². The van der Waals surface area contributed by atoms with E-state index in [4.69, 9.17) is 9.97 Å². The van der Waals surface area contributed by atoms with Crippen LogP contribution in [0.4, 0.5) is 5.95 Å². The van der Waals surface area contributed by atoms with Crippen molar-refractivity contribution in [3.05, 3.63) is 17.5 Å². The van der Waals surface area contributed by atoms with Gasteiger partial charge in [-0.15, -0.1) is 0 Å². The van der Waals surface area contributed by atoms with Crippen molar-refractivity contribution in [2.75, 3.05) is 5.32 Å². The molecule has 2 N–H and O–H groups in total. The van der Waals surface area contributed by atoms with Crippen LogP contribution in [0.1, 0.15) is 197 Å². The van der Waals surface area contributed by atoms with Gasteiger partial charge in [0, 0.05) is 36.2 Å². The normalized spacial score (nSPS) is 22.9. The standard InChI is InChI=1S/C37H64N4O/c42-36(32-25-19-13-7-3-8-14-20-26-32)38-29-33-30-39-37(40-34-27-21-15-9-4-10-16-22-28-34)41-35(33)31-23-17-11-5-1-2-6-12-18-24-31/h30-32,34H,1-29H2,(H,38,42)(H,39,40,41). The lowest BCUT2D eigenvalue weighted by atomic mass is 9.89. The lowest BCUT2D eigenvalue weighted by Crippen LogP contribution is -2.31. The van der Waals surface area contributed by atoms with Gasteiger partial charge in [0.05, 0.1) is 5.69 Å². The van der Waals surface area contributed by atoms with E-state index >= 15 is 0 Å². The average Bonchev–Trinajstić information content (AvgIpc) is 3.08. The Morgan fingerprint density at radius 3 is 1.52 bits per heavy atom. The number of anilines is 1. The maximum atomic E-state index is 13.4. The Morgan fingerprint density at radius 2 is 1.02 bits per heavy atom. The SMILES string of the molecule is O=C(NCc1cnc(NC2CCCCCCCCC2)nc1C1CCCCCCCCCC1)C1CCCCCCCCC1. The van der Waals surface area contributed by atoms with Crippen LogP contribution >= 0.6 is 0 Å². The molecule has 1 aromatic rings. The summed E-state index contributed by atoms with van der Waals surface area (Å²) in [5.41, 5.74) is 2.37. The molecule has 0 atom stereocenters. The summed E-state index contributed by atoms with van der Waals surface area (Å²) < 4.78 is 0. The fourth-order valence-corrected chi connectivity index (χ4v) is 7.77. The molecule has 5 nitrogen and oxygen atoms in total. The van der Waals surface area contributed by atoms with Crippen LogP contribution in [-0.2, 0) is 11.3 Å². The smallest absolute Gasteiger partial charge is 0.223 e. The fraction of sp³-hybridized carbons (Fsp3) is 0.865. The molecule has 1 aromatic heterocycles. The molecule has 0 aromatic carbocycles. The van der Waals surface area contributed by atoms with Gasteiger partial charge in [-0.05, 0) is 38.5 Å². The molecular formula is C37H64N4O. The monoisotopic (exact) mass is 581 g/mol. The number of amides is 1. The Morgan fingerprint density at radius 1 is 0.595 bits per heavy atom. The minimum atomic E-state index is 0.165. The van der Waals surface area contributed by atoms with Crippen molar-refractivity contribution in [2.45, 2.75) is 198 Å². The Kier molecular flexibility index (Phi) is 16.1. The van der Waals surface area contributed by atoms with Gasteiger partial charge < -0.3 is 10.6 Å². The molecule has 238 valence electrons. The summed E-state index contributed by atoms with van der Waals surface area (Å²) in [6, 6.07) is 0.474. The highest BCUT2D eigenvalue weighted by molar-refractivity contribution is 5.78. The van der Waals surface area contributed by atoms with Gasteiger partial charge in [0.15, 0.2) is 0 Å². The highest BCUT2D eigenvalue weighted by Crippen LogP contribution is 2.32. The third kappa shape index (κ3) is 12.5. The van der Waals surface area contributed by atoms with E-state index in [1.165, 1.54) is 173 Å². The summed E-state index contributed by atoms with van der Waals surface area (Å²) in [4.78, 5) is 23.6. The summed E-state index contributed by atoms with van der Waals surface area (Å²) in [6.07, 6.45) is 38.2. The summed E-state index contributed by atoms with van der Waals surface area (Å²) in [5.74, 6) is 1.71. The van der Waals surface area contributed by atoms with E-state index in [-0.39, 0.29) is 11.8 Å². The maximum absolute atomic E-state index is 13.4. The molecule has 0 saturated heterocycles. The Hall–Kier alpha value is -1.65. The third-order valence-electron chi connectivity index (χ3n) is 10.5. The van der Waals surface area contributed by atoms with E-state index in [0.29, 0.717) is 18.5 Å².